The van der Waals surface area contributed by atoms with Crippen LogP contribution < -0.4 is 16.6 Å². The summed E-state index contributed by atoms with van der Waals surface area (Å²) in [5.41, 5.74) is 12.6. The molecule has 122 valence electrons. The second kappa shape index (κ2) is 6.36. The number of nitriles is 1. The summed E-state index contributed by atoms with van der Waals surface area (Å²) in [6, 6.07) is 6.63. The number of nitrogens with two attached hydrogens (primary N) is 1. The van der Waals surface area contributed by atoms with Gasteiger partial charge in [0.2, 0.25) is 5.88 Å². The molecule has 2 aliphatic heterocycles. The third-order valence-electron chi connectivity index (χ3n) is 4.47. The lowest BCUT2D eigenvalue weighted by molar-refractivity contribution is 0.0332. The van der Waals surface area contributed by atoms with Gasteiger partial charge in [0.05, 0.1) is 5.57 Å². The maximum Gasteiger partial charge on any atom is 0.200 e. The van der Waals surface area contributed by atoms with E-state index >= 15 is 0 Å². The Hall–Kier alpha value is -1.81. The van der Waals surface area contributed by atoms with E-state index in [4.69, 9.17) is 22.1 Å². The zero-order chi connectivity index (χ0) is 16.6. The van der Waals surface area contributed by atoms with E-state index in [9.17, 15) is 9.65 Å². The van der Waals surface area contributed by atoms with Gasteiger partial charge in [-0.2, -0.15) is 5.26 Å². The van der Waals surface area contributed by atoms with E-state index in [0.29, 0.717) is 10.6 Å². The van der Waals surface area contributed by atoms with Crippen molar-refractivity contribution in [2.75, 3.05) is 0 Å². The number of allylic oxidation sites excluding steroid dienone is 1. The zero-order valence-electron chi connectivity index (χ0n) is 12.6. The van der Waals surface area contributed by atoms with E-state index in [0.717, 1.165) is 12.8 Å². The summed E-state index contributed by atoms with van der Waals surface area (Å²) in [5.74, 6) is -1.15. The average Bonchev–Trinajstić information content (AvgIpc) is 2.90. The minimum Gasteiger partial charge on any atom is -0.458 e. The van der Waals surface area contributed by atoms with Gasteiger partial charge < -0.3 is 10.5 Å². The summed E-state index contributed by atoms with van der Waals surface area (Å²) >= 11 is 6.25. The molecule has 7 heteroatoms. The standard InChI is InChI=1S/C16H18ClFN4O/c1-2-4-11-14-12(13-9(17)5-3-6-10(13)18)8(7-19)15(20)23-16(14)22-21-11/h3,5-6,11-12,14,16,21-22H,2,4,20H2,1H3. The molecule has 1 aromatic carbocycles. The molecular weight excluding hydrogens is 319 g/mol. The molecule has 2 heterocycles. The van der Waals surface area contributed by atoms with Crippen LogP contribution in [-0.2, 0) is 4.74 Å². The molecule has 1 saturated heterocycles. The van der Waals surface area contributed by atoms with Crippen molar-refractivity contribution in [2.45, 2.75) is 38.0 Å². The van der Waals surface area contributed by atoms with Crippen molar-refractivity contribution in [1.29, 1.82) is 5.26 Å². The summed E-state index contributed by atoms with van der Waals surface area (Å²) in [7, 11) is 0. The highest BCUT2D eigenvalue weighted by atomic mass is 35.5. The normalized spacial score (nSPS) is 29.8. The van der Waals surface area contributed by atoms with Gasteiger partial charge in [0.25, 0.3) is 0 Å². The van der Waals surface area contributed by atoms with Gasteiger partial charge in [0.15, 0.2) is 6.23 Å². The Morgan fingerprint density at radius 3 is 2.87 bits per heavy atom. The van der Waals surface area contributed by atoms with E-state index in [1.54, 1.807) is 12.1 Å². The van der Waals surface area contributed by atoms with Gasteiger partial charge in [0.1, 0.15) is 11.9 Å². The highest BCUT2D eigenvalue weighted by molar-refractivity contribution is 6.31. The number of hydrogen-bond acceptors (Lipinski definition) is 5. The molecule has 0 saturated carbocycles. The molecule has 4 N–H and O–H groups in total. The predicted molar refractivity (Wildman–Crippen MR) is 84.3 cm³/mol. The van der Waals surface area contributed by atoms with Gasteiger partial charge in [-0.1, -0.05) is 31.0 Å². The molecule has 0 spiro atoms. The molecule has 0 radical (unpaired) electrons. The van der Waals surface area contributed by atoms with Crippen LogP contribution in [0.3, 0.4) is 0 Å². The molecular formula is C16H18ClFN4O. The molecule has 5 nitrogen and oxygen atoms in total. The van der Waals surface area contributed by atoms with E-state index in [1.165, 1.54) is 6.07 Å². The number of hydrogen-bond donors (Lipinski definition) is 3. The first-order valence-electron chi connectivity index (χ1n) is 7.59. The van der Waals surface area contributed by atoms with Crippen LogP contribution in [0.5, 0.6) is 0 Å². The molecule has 1 fully saturated rings. The number of halogens is 2. The van der Waals surface area contributed by atoms with Crippen LogP contribution in [0, 0.1) is 23.1 Å². The zero-order valence-corrected chi connectivity index (χ0v) is 13.4. The van der Waals surface area contributed by atoms with Crippen LogP contribution in [0.2, 0.25) is 5.02 Å². The van der Waals surface area contributed by atoms with Crippen molar-refractivity contribution >= 4 is 11.6 Å². The Labute approximate surface area is 139 Å². The van der Waals surface area contributed by atoms with E-state index < -0.39 is 18.0 Å². The fourth-order valence-electron chi connectivity index (χ4n) is 3.50. The van der Waals surface area contributed by atoms with E-state index in [1.807, 2.05) is 0 Å². The number of nitrogens with zero attached hydrogens (tertiary/aromatic N) is 1. The van der Waals surface area contributed by atoms with Crippen LogP contribution >= 0.6 is 11.6 Å². The molecule has 23 heavy (non-hydrogen) atoms. The van der Waals surface area contributed by atoms with Crippen LogP contribution in [0.4, 0.5) is 4.39 Å². The summed E-state index contributed by atoms with van der Waals surface area (Å²) in [4.78, 5) is 0. The van der Waals surface area contributed by atoms with Crippen molar-refractivity contribution in [1.82, 2.24) is 10.9 Å². The number of hydrazine groups is 1. The van der Waals surface area contributed by atoms with E-state index in [2.05, 4.69) is 23.8 Å². The lowest BCUT2D eigenvalue weighted by Crippen LogP contribution is -2.41. The molecule has 1 aromatic rings. The Morgan fingerprint density at radius 2 is 2.22 bits per heavy atom. The lowest BCUT2D eigenvalue weighted by atomic mass is 9.74. The number of rotatable bonds is 3. The van der Waals surface area contributed by atoms with Crippen molar-refractivity contribution < 1.29 is 9.13 Å². The third-order valence-corrected chi connectivity index (χ3v) is 4.80. The minimum atomic E-state index is -0.550. The topological polar surface area (TPSA) is 83.1 Å². The fraction of sp³-hybridized carbons (Fsp3) is 0.438. The van der Waals surface area contributed by atoms with Crippen molar-refractivity contribution in [3.05, 3.63) is 46.1 Å². The summed E-state index contributed by atoms with van der Waals surface area (Å²) in [5, 5.41) is 9.83. The van der Waals surface area contributed by atoms with Crippen molar-refractivity contribution in [3.63, 3.8) is 0 Å². The van der Waals surface area contributed by atoms with Crippen molar-refractivity contribution in [2.24, 2.45) is 11.7 Å². The summed E-state index contributed by atoms with van der Waals surface area (Å²) < 4.78 is 20.1. The maximum absolute atomic E-state index is 14.5. The molecule has 4 unspecified atom stereocenters. The maximum atomic E-state index is 14.5. The average molecular weight is 337 g/mol. The molecule has 4 atom stereocenters. The number of ether oxygens (including phenoxy) is 1. The van der Waals surface area contributed by atoms with Crippen molar-refractivity contribution in [3.8, 4) is 6.07 Å². The Balaban J connectivity index is 2.15. The number of nitrogens with one attached hydrogen (secondary N) is 2. The second-order valence-electron chi connectivity index (χ2n) is 5.80. The van der Waals surface area contributed by atoms with Crippen LogP contribution in [0.1, 0.15) is 31.2 Å². The van der Waals surface area contributed by atoms with Gasteiger partial charge >= 0.3 is 0 Å². The van der Waals surface area contributed by atoms with Gasteiger partial charge in [-0.15, -0.1) is 0 Å². The Bertz CT molecular complexity index is 667. The highest BCUT2D eigenvalue weighted by Crippen LogP contribution is 2.46. The molecule has 0 aromatic heterocycles. The number of fused-ring (bicyclic) bond motifs is 1. The summed E-state index contributed by atoms with van der Waals surface area (Å²) in [6.07, 6.45) is 1.38. The number of benzene rings is 1. The second-order valence-corrected chi connectivity index (χ2v) is 6.21. The first-order chi connectivity index (χ1) is 11.1. The SMILES string of the molecule is CCCC1NNC2OC(N)=C(C#N)C(c3c(F)cccc3Cl)C12. The molecule has 3 rings (SSSR count). The highest BCUT2D eigenvalue weighted by Gasteiger charge is 2.49. The predicted octanol–water partition coefficient (Wildman–Crippen LogP) is 2.51. The Kier molecular flexibility index (Phi) is 4.44. The van der Waals surface area contributed by atoms with Crippen LogP contribution in [0.15, 0.2) is 29.7 Å². The van der Waals surface area contributed by atoms with Crippen LogP contribution in [0.25, 0.3) is 0 Å². The fourth-order valence-corrected chi connectivity index (χ4v) is 3.78. The molecule has 0 aliphatic carbocycles. The Morgan fingerprint density at radius 1 is 1.43 bits per heavy atom. The molecule has 2 aliphatic rings. The quantitative estimate of drug-likeness (QED) is 0.790. The summed E-state index contributed by atoms with van der Waals surface area (Å²) in [6.45, 7) is 2.07. The van der Waals surface area contributed by atoms with Gasteiger partial charge in [-0.3, -0.25) is 5.43 Å². The first-order valence-corrected chi connectivity index (χ1v) is 7.97. The minimum absolute atomic E-state index is 0.0181. The first kappa shape index (κ1) is 16.1. The largest absolute Gasteiger partial charge is 0.458 e. The lowest BCUT2D eigenvalue weighted by Gasteiger charge is -2.36. The van der Waals surface area contributed by atoms with E-state index in [-0.39, 0.29) is 23.4 Å². The third kappa shape index (κ3) is 2.65. The van der Waals surface area contributed by atoms with Gasteiger partial charge in [0, 0.05) is 28.5 Å². The van der Waals surface area contributed by atoms with Gasteiger partial charge in [-0.05, 0) is 18.6 Å². The van der Waals surface area contributed by atoms with Gasteiger partial charge in [-0.25, -0.2) is 9.82 Å². The molecule has 0 amide bonds. The molecule has 0 bridgehead atoms. The monoisotopic (exact) mass is 336 g/mol. The smallest absolute Gasteiger partial charge is 0.200 e. The van der Waals surface area contributed by atoms with Crippen LogP contribution in [-0.4, -0.2) is 12.3 Å².